The molecule has 2 rings (SSSR count). The van der Waals surface area contributed by atoms with Gasteiger partial charge < -0.3 is 5.73 Å². The van der Waals surface area contributed by atoms with Crippen molar-refractivity contribution in [2.75, 3.05) is 0 Å². The predicted molar refractivity (Wildman–Crippen MR) is 92.9 cm³/mol. The van der Waals surface area contributed by atoms with Crippen LogP contribution in [0.5, 0.6) is 0 Å². The second-order valence-electron chi connectivity index (χ2n) is 4.46. The zero-order valence-electron chi connectivity index (χ0n) is 13.3. The van der Waals surface area contributed by atoms with E-state index in [2.05, 4.69) is 23.3 Å². The first-order valence-electron chi connectivity index (χ1n) is 7.23. The van der Waals surface area contributed by atoms with E-state index < -0.39 is 0 Å². The molecular weight excluding hydrogens is 277 g/mol. The molecule has 0 amide bonds. The Balaban J connectivity index is 0.00000116. The SMILES string of the molecule is C=Cc1nc(-c2ccccc2F)c(C(C)N)cc1N=C.CC. The smallest absolute Gasteiger partial charge is 0.132 e. The van der Waals surface area contributed by atoms with E-state index in [9.17, 15) is 4.39 Å². The highest BCUT2D eigenvalue weighted by Crippen LogP contribution is 2.32. The van der Waals surface area contributed by atoms with E-state index in [-0.39, 0.29) is 11.9 Å². The molecule has 1 atom stereocenters. The molecule has 0 aliphatic rings. The van der Waals surface area contributed by atoms with Crippen LogP contribution in [0.15, 0.2) is 41.9 Å². The molecule has 2 N–H and O–H groups in total. The summed E-state index contributed by atoms with van der Waals surface area (Å²) in [5.74, 6) is -0.337. The van der Waals surface area contributed by atoms with Crippen LogP contribution < -0.4 is 5.73 Å². The number of benzene rings is 1. The van der Waals surface area contributed by atoms with Crippen molar-refractivity contribution in [3.05, 3.63) is 54.0 Å². The minimum atomic E-state index is -0.337. The Morgan fingerprint density at radius 3 is 2.45 bits per heavy atom. The molecule has 1 aromatic heterocycles. The van der Waals surface area contributed by atoms with Crippen molar-refractivity contribution in [1.82, 2.24) is 4.98 Å². The van der Waals surface area contributed by atoms with Crippen LogP contribution >= 0.6 is 0 Å². The molecule has 0 radical (unpaired) electrons. The Kier molecular flexibility index (Phi) is 6.60. The van der Waals surface area contributed by atoms with Crippen molar-refractivity contribution in [1.29, 1.82) is 0 Å². The lowest BCUT2D eigenvalue weighted by atomic mass is 9.99. The third kappa shape index (κ3) is 3.65. The fraction of sp³-hybridized carbons (Fsp3) is 0.222. The first-order chi connectivity index (χ1) is 10.6. The monoisotopic (exact) mass is 299 g/mol. The summed E-state index contributed by atoms with van der Waals surface area (Å²) >= 11 is 0. The fourth-order valence-electron chi connectivity index (χ4n) is 2.02. The maximum Gasteiger partial charge on any atom is 0.132 e. The molecule has 3 nitrogen and oxygen atoms in total. The van der Waals surface area contributed by atoms with E-state index in [1.54, 1.807) is 30.3 Å². The molecule has 2 aromatic rings. The first-order valence-corrected chi connectivity index (χ1v) is 7.23. The lowest BCUT2D eigenvalue weighted by molar-refractivity contribution is 0.630. The van der Waals surface area contributed by atoms with Crippen molar-refractivity contribution in [3.63, 3.8) is 0 Å². The summed E-state index contributed by atoms with van der Waals surface area (Å²) in [7, 11) is 0. The number of nitrogens with zero attached hydrogens (tertiary/aromatic N) is 2. The summed E-state index contributed by atoms with van der Waals surface area (Å²) in [5.41, 5.74) is 8.77. The number of pyridine rings is 1. The summed E-state index contributed by atoms with van der Waals surface area (Å²) in [5, 5.41) is 0. The number of aromatic nitrogens is 1. The largest absolute Gasteiger partial charge is 0.324 e. The van der Waals surface area contributed by atoms with E-state index in [4.69, 9.17) is 5.73 Å². The number of halogens is 1. The van der Waals surface area contributed by atoms with Gasteiger partial charge in [-0.25, -0.2) is 9.37 Å². The second kappa shape index (κ2) is 8.20. The Morgan fingerprint density at radius 1 is 1.32 bits per heavy atom. The van der Waals surface area contributed by atoms with Crippen molar-refractivity contribution >= 4 is 18.5 Å². The molecule has 0 aliphatic heterocycles. The van der Waals surface area contributed by atoms with E-state index in [0.717, 1.165) is 5.56 Å². The van der Waals surface area contributed by atoms with Gasteiger partial charge in [0.15, 0.2) is 0 Å². The van der Waals surface area contributed by atoms with Crippen LogP contribution in [0.2, 0.25) is 0 Å². The van der Waals surface area contributed by atoms with Crippen LogP contribution in [-0.2, 0) is 0 Å². The molecular formula is C18H22FN3. The third-order valence-electron chi connectivity index (χ3n) is 3.04. The van der Waals surface area contributed by atoms with Crippen molar-refractivity contribution in [3.8, 4) is 11.3 Å². The molecule has 0 fully saturated rings. The average molecular weight is 299 g/mol. The zero-order valence-corrected chi connectivity index (χ0v) is 13.3. The molecule has 0 aliphatic carbocycles. The Labute approximate surface area is 131 Å². The van der Waals surface area contributed by atoms with Gasteiger partial charge in [-0.1, -0.05) is 32.6 Å². The lowest BCUT2D eigenvalue weighted by Gasteiger charge is -2.15. The molecule has 4 heteroatoms. The van der Waals surface area contributed by atoms with Crippen molar-refractivity contribution in [2.45, 2.75) is 26.8 Å². The summed E-state index contributed by atoms with van der Waals surface area (Å²) in [6.07, 6.45) is 1.57. The van der Waals surface area contributed by atoms with Crippen molar-refractivity contribution < 1.29 is 4.39 Å². The fourth-order valence-corrected chi connectivity index (χ4v) is 2.02. The van der Waals surface area contributed by atoms with E-state index in [0.29, 0.717) is 22.6 Å². The lowest BCUT2D eigenvalue weighted by Crippen LogP contribution is -2.09. The standard InChI is InChI=1S/C16H16FN3.C2H6/c1-4-14-15(19-3)9-12(10(2)18)16(20-14)11-7-5-6-8-13(11)17;1-2/h4-10H,1,3,18H2,2H3;1-2H3. The van der Waals surface area contributed by atoms with Crippen LogP contribution in [0.1, 0.15) is 38.1 Å². The molecule has 22 heavy (non-hydrogen) atoms. The van der Waals surface area contributed by atoms with Crippen LogP contribution in [-0.4, -0.2) is 11.7 Å². The number of nitrogens with two attached hydrogens (primary N) is 1. The Morgan fingerprint density at radius 2 is 1.95 bits per heavy atom. The summed E-state index contributed by atoms with van der Waals surface area (Å²) in [4.78, 5) is 8.35. The van der Waals surface area contributed by atoms with E-state index in [1.807, 2.05) is 20.8 Å². The highest BCUT2D eigenvalue weighted by atomic mass is 19.1. The molecule has 0 spiro atoms. The minimum Gasteiger partial charge on any atom is -0.324 e. The summed E-state index contributed by atoms with van der Waals surface area (Å²) < 4.78 is 14.0. The Hall–Kier alpha value is -2.33. The van der Waals surface area contributed by atoms with Gasteiger partial charge in [-0.3, -0.25) is 4.99 Å². The molecule has 0 saturated carbocycles. The molecule has 1 unspecified atom stereocenters. The number of hydrogen-bond donors (Lipinski definition) is 1. The first kappa shape index (κ1) is 17.7. The topological polar surface area (TPSA) is 51.3 Å². The molecule has 0 saturated heterocycles. The van der Waals surface area contributed by atoms with Gasteiger partial charge in [-0.05, 0) is 43.5 Å². The second-order valence-corrected chi connectivity index (χ2v) is 4.46. The van der Waals surface area contributed by atoms with Gasteiger partial charge >= 0.3 is 0 Å². The van der Waals surface area contributed by atoms with Crippen LogP contribution in [0, 0.1) is 5.82 Å². The van der Waals surface area contributed by atoms with Crippen LogP contribution in [0.4, 0.5) is 10.1 Å². The van der Waals surface area contributed by atoms with Gasteiger partial charge in [-0.15, -0.1) is 0 Å². The third-order valence-corrected chi connectivity index (χ3v) is 3.04. The minimum absolute atomic E-state index is 0.295. The average Bonchev–Trinajstić information content (AvgIpc) is 2.55. The normalized spacial score (nSPS) is 11.1. The van der Waals surface area contributed by atoms with Gasteiger partial charge in [0.1, 0.15) is 5.82 Å². The zero-order chi connectivity index (χ0) is 16.7. The van der Waals surface area contributed by atoms with Gasteiger partial charge in [0, 0.05) is 11.6 Å². The van der Waals surface area contributed by atoms with Gasteiger partial charge in [0.25, 0.3) is 0 Å². The van der Waals surface area contributed by atoms with Crippen LogP contribution in [0.25, 0.3) is 17.3 Å². The number of aliphatic imine (C=N–C) groups is 1. The Bertz CT molecular complexity index is 663. The van der Waals surface area contributed by atoms with E-state index in [1.165, 1.54) is 6.07 Å². The molecule has 1 aromatic carbocycles. The molecule has 116 valence electrons. The number of rotatable bonds is 4. The highest BCUT2D eigenvalue weighted by Gasteiger charge is 2.16. The molecule has 0 bridgehead atoms. The summed E-state index contributed by atoms with van der Waals surface area (Å²) in [6.45, 7) is 13.0. The summed E-state index contributed by atoms with van der Waals surface area (Å²) in [6, 6.07) is 7.96. The molecule has 1 heterocycles. The highest BCUT2D eigenvalue weighted by molar-refractivity contribution is 5.72. The quantitative estimate of drug-likeness (QED) is 0.816. The predicted octanol–water partition coefficient (Wildman–Crippen LogP) is 4.91. The van der Waals surface area contributed by atoms with Gasteiger partial charge in [0.2, 0.25) is 0 Å². The van der Waals surface area contributed by atoms with Gasteiger partial charge in [-0.2, -0.15) is 0 Å². The van der Waals surface area contributed by atoms with Gasteiger partial charge in [0.05, 0.1) is 17.1 Å². The van der Waals surface area contributed by atoms with Crippen molar-refractivity contribution in [2.24, 2.45) is 10.7 Å². The maximum absolute atomic E-state index is 14.0. The number of hydrogen-bond acceptors (Lipinski definition) is 3. The maximum atomic E-state index is 14.0. The van der Waals surface area contributed by atoms with Crippen LogP contribution in [0.3, 0.4) is 0 Å². The van der Waals surface area contributed by atoms with E-state index >= 15 is 0 Å².